The summed E-state index contributed by atoms with van der Waals surface area (Å²) in [5.41, 5.74) is 0.542. The first-order valence-corrected chi connectivity index (χ1v) is 8.32. The van der Waals surface area contributed by atoms with E-state index >= 15 is 0 Å². The standard InChI is InChI=1S/C16H13F2N4O3S.HI/c1-10-8-22(11-3-4-12-13(7-11)25-16(17,18)24-12)15(26-10)19-14(23)21-6-5-20(2)9-21;/h3-7,9H,1,8H2,2H3;1H/q+1;/p-1/b19-15-;. The number of fused-ring (bicyclic) bond motifs is 1. The number of anilines is 1. The quantitative estimate of drug-likeness (QED) is 0.394. The van der Waals surface area contributed by atoms with Crippen LogP contribution in [0.3, 0.4) is 0 Å². The van der Waals surface area contributed by atoms with Crippen molar-refractivity contribution in [2.24, 2.45) is 12.0 Å². The van der Waals surface area contributed by atoms with Crippen LogP contribution in [0.1, 0.15) is 0 Å². The molecule has 7 nitrogen and oxygen atoms in total. The number of hydrogen-bond donors (Lipinski definition) is 0. The number of aromatic nitrogens is 2. The molecule has 1 fully saturated rings. The van der Waals surface area contributed by atoms with Crippen molar-refractivity contribution in [1.82, 2.24) is 4.57 Å². The summed E-state index contributed by atoms with van der Waals surface area (Å²) in [4.78, 5) is 18.9. The molecule has 0 N–H and O–H groups in total. The Kier molecular flexibility index (Phi) is 5.16. The Morgan fingerprint density at radius 3 is 2.81 bits per heavy atom. The van der Waals surface area contributed by atoms with E-state index in [1.54, 1.807) is 41.3 Å². The number of hydrogen-bond acceptors (Lipinski definition) is 4. The fraction of sp³-hybridized carbons (Fsp3) is 0.188. The van der Waals surface area contributed by atoms with Gasteiger partial charge in [0.1, 0.15) is 12.4 Å². The highest BCUT2D eigenvalue weighted by atomic mass is 127. The van der Waals surface area contributed by atoms with E-state index in [0.29, 0.717) is 17.4 Å². The molecule has 2 aliphatic rings. The number of carbonyl (C=O) groups is 1. The average molecular weight is 506 g/mol. The van der Waals surface area contributed by atoms with Crippen molar-refractivity contribution in [2.45, 2.75) is 6.29 Å². The lowest BCUT2D eigenvalue weighted by atomic mass is 10.2. The van der Waals surface area contributed by atoms with Gasteiger partial charge in [-0.15, -0.1) is 18.3 Å². The number of ether oxygens (including phenoxy) is 2. The van der Waals surface area contributed by atoms with Crippen LogP contribution in [-0.4, -0.2) is 28.6 Å². The van der Waals surface area contributed by atoms with Crippen LogP contribution in [-0.2, 0) is 7.05 Å². The van der Waals surface area contributed by atoms with E-state index in [2.05, 4.69) is 21.0 Å². The van der Waals surface area contributed by atoms with Crippen molar-refractivity contribution in [3.63, 3.8) is 0 Å². The molecule has 1 saturated heterocycles. The third-order valence-electron chi connectivity index (χ3n) is 3.68. The number of thioether (sulfide) groups is 1. The molecule has 0 atom stereocenters. The predicted molar refractivity (Wildman–Crippen MR) is 90.6 cm³/mol. The van der Waals surface area contributed by atoms with Gasteiger partial charge in [0.2, 0.25) is 0 Å². The molecule has 1 aromatic carbocycles. The SMILES string of the molecule is C=C1CN(c2ccc3c(c2)OC(F)(F)O3)/C(=N/C(=O)n2cc[n+](C)c2)S1.[I-]. The van der Waals surface area contributed by atoms with E-state index in [1.165, 1.54) is 28.5 Å². The highest BCUT2D eigenvalue weighted by Crippen LogP contribution is 2.44. The number of alkyl halides is 2. The molecule has 4 rings (SSSR count). The molecule has 0 aliphatic carbocycles. The zero-order valence-corrected chi connectivity index (χ0v) is 16.9. The summed E-state index contributed by atoms with van der Waals surface area (Å²) < 4.78 is 38.3. The van der Waals surface area contributed by atoms with E-state index in [1.807, 2.05) is 0 Å². The minimum Gasteiger partial charge on any atom is -1.00 e. The molecule has 142 valence electrons. The molecule has 0 bridgehead atoms. The molecule has 0 unspecified atom stereocenters. The van der Waals surface area contributed by atoms with Crippen LogP contribution in [0.2, 0.25) is 0 Å². The van der Waals surface area contributed by atoms with Gasteiger partial charge in [-0.1, -0.05) is 18.3 Å². The second kappa shape index (κ2) is 7.11. The number of aliphatic imine (C=N–C) groups is 1. The van der Waals surface area contributed by atoms with Crippen molar-refractivity contribution in [1.29, 1.82) is 0 Å². The summed E-state index contributed by atoms with van der Waals surface area (Å²) in [5.74, 6) is -0.114. The molecule has 1 aromatic heterocycles. The lowest BCUT2D eigenvalue weighted by Crippen LogP contribution is -3.00. The summed E-state index contributed by atoms with van der Waals surface area (Å²) in [6.45, 7) is 4.30. The summed E-state index contributed by atoms with van der Waals surface area (Å²) >= 11 is 1.25. The third kappa shape index (κ3) is 3.93. The minimum atomic E-state index is -3.68. The van der Waals surface area contributed by atoms with Gasteiger partial charge in [-0.3, -0.25) is 0 Å². The van der Waals surface area contributed by atoms with Crippen molar-refractivity contribution in [3.05, 3.63) is 48.4 Å². The number of halogens is 3. The first kappa shape index (κ1) is 19.6. The van der Waals surface area contributed by atoms with Crippen LogP contribution < -0.4 is 42.9 Å². The lowest BCUT2D eigenvalue weighted by molar-refractivity contribution is -0.670. The zero-order valence-electron chi connectivity index (χ0n) is 13.9. The van der Waals surface area contributed by atoms with Crippen LogP contribution in [0.15, 0.2) is 53.4 Å². The van der Waals surface area contributed by atoms with Crippen molar-refractivity contribution >= 4 is 28.6 Å². The van der Waals surface area contributed by atoms with Gasteiger partial charge in [-0.25, -0.2) is 9.36 Å². The van der Waals surface area contributed by atoms with Crippen LogP contribution in [0.4, 0.5) is 19.3 Å². The van der Waals surface area contributed by atoms with Gasteiger partial charge < -0.3 is 38.4 Å². The zero-order chi connectivity index (χ0) is 18.5. The Labute approximate surface area is 174 Å². The number of aryl methyl sites for hydroxylation is 1. The molecule has 27 heavy (non-hydrogen) atoms. The second-order valence-electron chi connectivity index (χ2n) is 5.69. The molecular weight excluding hydrogens is 493 g/mol. The molecule has 0 spiro atoms. The number of rotatable bonds is 1. The van der Waals surface area contributed by atoms with Gasteiger partial charge in [-0.05, 0) is 12.1 Å². The smallest absolute Gasteiger partial charge is 0.586 e. The van der Waals surface area contributed by atoms with Crippen molar-refractivity contribution in [2.75, 3.05) is 11.4 Å². The Bertz CT molecular complexity index is 963. The predicted octanol–water partition coefficient (Wildman–Crippen LogP) is -0.271. The maximum Gasteiger partial charge on any atom is 0.586 e. The molecule has 3 heterocycles. The lowest BCUT2D eigenvalue weighted by Gasteiger charge is -2.17. The van der Waals surface area contributed by atoms with Crippen LogP contribution in [0.25, 0.3) is 0 Å². The van der Waals surface area contributed by atoms with Gasteiger partial charge in [0.05, 0.1) is 13.6 Å². The molecular formula is C16H13F2IN4O3S. The average Bonchev–Trinajstić information content (AvgIpc) is 3.22. The van der Waals surface area contributed by atoms with Gasteiger partial charge in [0.25, 0.3) is 6.33 Å². The van der Waals surface area contributed by atoms with Gasteiger partial charge in [0.15, 0.2) is 16.7 Å². The topological polar surface area (TPSA) is 59.9 Å². The molecule has 11 heteroatoms. The van der Waals surface area contributed by atoms with E-state index in [-0.39, 0.29) is 35.5 Å². The highest BCUT2D eigenvalue weighted by Gasteiger charge is 2.43. The molecule has 0 saturated carbocycles. The maximum atomic E-state index is 13.2. The first-order valence-electron chi connectivity index (χ1n) is 7.50. The van der Waals surface area contributed by atoms with Gasteiger partial charge >= 0.3 is 12.3 Å². The number of benzene rings is 1. The number of nitrogens with zero attached hydrogens (tertiary/aromatic N) is 4. The molecule has 2 aromatic rings. The Morgan fingerprint density at radius 1 is 1.37 bits per heavy atom. The van der Waals surface area contributed by atoms with E-state index in [4.69, 9.17) is 0 Å². The number of carbonyl (C=O) groups excluding carboxylic acids is 1. The minimum absolute atomic E-state index is 0. The second-order valence-corrected chi connectivity index (χ2v) is 6.84. The Hall–Kier alpha value is -2.15. The normalized spacial score (nSPS) is 18.7. The Balaban J connectivity index is 0.00000210. The monoisotopic (exact) mass is 506 g/mol. The Morgan fingerprint density at radius 2 is 2.11 bits per heavy atom. The van der Waals surface area contributed by atoms with Crippen LogP contribution >= 0.6 is 11.8 Å². The van der Waals surface area contributed by atoms with Gasteiger partial charge in [0, 0.05) is 16.7 Å². The van der Waals surface area contributed by atoms with Crippen molar-refractivity contribution < 1.29 is 51.6 Å². The molecule has 1 amide bonds. The van der Waals surface area contributed by atoms with E-state index < -0.39 is 12.3 Å². The van der Waals surface area contributed by atoms with Crippen LogP contribution in [0, 0.1) is 0 Å². The summed E-state index contributed by atoms with van der Waals surface area (Å²) in [5, 5.41) is 0.405. The summed E-state index contributed by atoms with van der Waals surface area (Å²) in [6, 6.07) is 3.94. The number of amides is 1. The number of amidine groups is 1. The highest BCUT2D eigenvalue weighted by molar-refractivity contribution is 8.18. The van der Waals surface area contributed by atoms with E-state index in [0.717, 1.165) is 4.91 Å². The van der Waals surface area contributed by atoms with E-state index in [9.17, 15) is 13.6 Å². The fourth-order valence-corrected chi connectivity index (χ4v) is 3.41. The maximum absolute atomic E-state index is 13.2. The van der Waals surface area contributed by atoms with Crippen LogP contribution in [0.5, 0.6) is 11.5 Å². The molecule has 0 radical (unpaired) electrons. The summed E-state index contributed by atoms with van der Waals surface area (Å²) in [7, 11) is 1.79. The fourth-order valence-electron chi connectivity index (χ4n) is 2.55. The largest absolute Gasteiger partial charge is 1.00 e. The van der Waals surface area contributed by atoms with Gasteiger partial charge in [-0.2, -0.15) is 0 Å². The van der Waals surface area contributed by atoms with Crippen molar-refractivity contribution in [3.8, 4) is 11.5 Å². The third-order valence-corrected chi connectivity index (χ3v) is 4.59. The molecule has 2 aliphatic heterocycles. The number of imidazole rings is 1. The summed E-state index contributed by atoms with van der Waals surface area (Å²) in [6.07, 6.45) is 1.22. The first-order chi connectivity index (χ1) is 12.3.